The first-order valence-corrected chi connectivity index (χ1v) is 6.03. The second-order valence-corrected chi connectivity index (χ2v) is 5.91. The van der Waals surface area contributed by atoms with Crippen LogP contribution in [0.3, 0.4) is 0 Å². The van der Waals surface area contributed by atoms with Crippen LogP contribution < -0.4 is 0 Å². The van der Waals surface area contributed by atoms with E-state index in [4.69, 9.17) is 0 Å². The fourth-order valence-electron chi connectivity index (χ4n) is 2.06. The van der Waals surface area contributed by atoms with E-state index in [2.05, 4.69) is 42.9 Å². The predicted molar refractivity (Wildman–Crippen MR) is 66.8 cm³/mol. The van der Waals surface area contributed by atoms with Gasteiger partial charge in [-0.15, -0.1) is 0 Å². The molecule has 1 saturated carbocycles. The van der Waals surface area contributed by atoms with Gasteiger partial charge in [-0.1, -0.05) is 20.8 Å². The van der Waals surface area contributed by atoms with E-state index in [-0.39, 0.29) is 5.41 Å². The van der Waals surface area contributed by atoms with Crippen LogP contribution in [0.25, 0.3) is 11.0 Å². The van der Waals surface area contributed by atoms with Crippen LogP contribution in [0.5, 0.6) is 0 Å². The first kappa shape index (κ1) is 9.88. The number of pyridine rings is 1. The van der Waals surface area contributed by atoms with Crippen LogP contribution >= 0.6 is 0 Å². The molecule has 0 saturated heterocycles. The Balaban J connectivity index is 2.10. The molecule has 3 rings (SSSR count). The molecule has 0 amide bonds. The molecular formula is C14H18N2. The molecule has 1 aliphatic carbocycles. The van der Waals surface area contributed by atoms with Gasteiger partial charge in [0.25, 0.3) is 0 Å². The van der Waals surface area contributed by atoms with Crippen LogP contribution in [0, 0.1) is 0 Å². The molecule has 0 bridgehead atoms. The van der Waals surface area contributed by atoms with Crippen LogP contribution in [-0.2, 0) is 5.41 Å². The number of aromatic nitrogens is 2. The summed E-state index contributed by atoms with van der Waals surface area (Å²) in [6, 6.07) is 4.54. The zero-order chi connectivity index (χ0) is 11.3. The molecule has 0 unspecified atom stereocenters. The Kier molecular flexibility index (Phi) is 1.91. The van der Waals surface area contributed by atoms with Crippen molar-refractivity contribution in [2.75, 3.05) is 0 Å². The van der Waals surface area contributed by atoms with Crippen molar-refractivity contribution in [1.82, 2.24) is 9.97 Å². The second-order valence-electron chi connectivity index (χ2n) is 5.91. The van der Waals surface area contributed by atoms with Gasteiger partial charge in [0.05, 0.1) is 0 Å². The van der Waals surface area contributed by atoms with E-state index >= 15 is 0 Å². The largest absolute Gasteiger partial charge is 0.343 e. The third-order valence-corrected chi connectivity index (χ3v) is 3.37. The molecule has 2 aromatic rings. The minimum absolute atomic E-state index is 0.179. The van der Waals surface area contributed by atoms with Crippen molar-refractivity contribution in [3.63, 3.8) is 0 Å². The van der Waals surface area contributed by atoms with E-state index < -0.39 is 0 Å². The van der Waals surface area contributed by atoms with Crippen molar-refractivity contribution < 1.29 is 0 Å². The highest BCUT2D eigenvalue weighted by molar-refractivity contribution is 5.77. The van der Waals surface area contributed by atoms with Crippen LogP contribution in [0.15, 0.2) is 18.3 Å². The molecule has 1 aliphatic rings. The van der Waals surface area contributed by atoms with E-state index in [0.29, 0.717) is 0 Å². The van der Waals surface area contributed by atoms with Crippen LogP contribution in [0.2, 0.25) is 0 Å². The van der Waals surface area contributed by atoms with Crippen molar-refractivity contribution >= 4 is 11.0 Å². The fourth-order valence-corrected chi connectivity index (χ4v) is 2.06. The van der Waals surface area contributed by atoms with E-state index in [0.717, 1.165) is 11.6 Å². The van der Waals surface area contributed by atoms with Crippen molar-refractivity contribution in [2.45, 2.75) is 44.9 Å². The first-order valence-electron chi connectivity index (χ1n) is 6.03. The highest BCUT2D eigenvalue weighted by Crippen LogP contribution is 2.40. The van der Waals surface area contributed by atoms with Gasteiger partial charge in [-0.05, 0) is 41.9 Å². The number of hydrogen-bond acceptors (Lipinski definition) is 1. The lowest BCUT2D eigenvalue weighted by Crippen LogP contribution is -2.11. The summed E-state index contributed by atoms with van der Waals surface area (Å²) in [5, 5.41) is 1.26. The Morgan fingerprint density at radius 2 is 2.00 bits per heavy atom. The predicted octanol–water partition coefficient (Wildman–Crippen LogP) is 3.74. The van der Waals surface area contributed by atoms with Crippen molar-refractivity contribution in [3.8, 4) is 0 Å². The topological polar surface area (TPSA) is 28.7 Å². The lowest BCUT2D eigenvalue weighted by molar-refractivity contribution is 0.588. The van der Waals surface area contributed by atoms with Crippen LogP contribution in [-0.4, -0.2) is 9.97 Å². The SMILES string of the molecule is CC(C)(C)c1cnc2[nH]c(C3CC3)cc2c1. The molecule has 1 fully saturated rings. The maximum atomic E-state index is 4.52. The number of fused-ring (bicyclic) bond motifs is 1. The van der Waals surface area contributed by atoms with Gasteiger partial charge in [0, 0.05) is 17.3 Å². The molecule has 2 heteroatoms. The summed E-state index contributed by atoms with van der Waals surface area (Å²) in [6.07, 6.45) is 4.66. The number of hydrogen-bond donors (Lipinski definition) is 1. The van der Waals surface area contributed by atoms with E-state index in [1.54, 1.807) is 0 Å². The molecule has 84 valence electrons. The van der Waals surface area contributed by atoms with E-state index in [1.807, 2.05) is 6.20 Å². The summed E-state index contributed by atoms with van der Waals surface area (Å²) >= 11 is 0. The highest BCUT2D eigenvalue weighted by Gasteiger charge is 2.25. The van der Waals surface area contributed by atoms with Gasteiger partial charge in [-0.3, -0.25) is 0 Å². The number of aromatic amines is 1. The molecule has 2 aromatic heterocycles. The van der Waals surface area contributed by atoms with Crippen molar-refractivity contribution in [3.05, 3.63) is 29.6 Å². The minimum atomic E-state index is 0.179. The molecule has 16 heavy (non-hydrogen) atoms. The summed E-state index contributed by atoms with van der Waals surface area (Å²) in [7, 11) is 0. The molecule has 0 aromatic carbocycles. The van der Waals surface area contributed by atoms with Crippen LogP contribution in [0.4, 0.5) is 0 Å². The Hall–Kier alpha value is -1.31. The molecule has 0 spiro atoms. The molecule has 0 radical (unpaired) electrons. The van der Waals surface area contributed by atoms with E-state index in [1.165, 1.54) is 29.5 Å². The number of rotatable bonds is 1. The lowest BCUT2D eigenvalue weighted by Gasteiger charge is -2.18. The monoisotopic (exact) mass is 214 g/mol. The van der Waals surface area contributed by atoms with Gasteiger partial charge in [0.15, 0.2) is 0 Å². The van der Waals surface area contributed by atoms with Crippen molar-refractivity contribution in [1.29, 1.82) is 0 Å². The molecule has 0 atom stereocenters. The van der Waals surface area contributed by atoms with Gasteiger partial charge in [-0.25, -0.2) is 4.98 Å². The second kappa shape index (κ2) is 3.09. The summed E-state index contributed by atoms with van der Waals surface area (Å²) in [5.41, 5.74) is 3.89. The molecular weight excluding hydrogens is 196 g/mol. The highest BCUT2D eigenvalue weighted by atomic mass is 14.9. The van der Waals surface area contributed by atoms with Gasteiger partial charge in [0.2, 0.25) is 0 Å². The smallest absolute Gasteiger partial charge is 0.137 e. The normalized spacial score (nSPS) is 16.9. The Labute approximate surface area is 96.1 Å². The van der Waals surface area contributed by atoms with Crippen LogP contribution in [0.1, 0.15) is 50.8 Å². The average Bonchev–Trinajstić information content (AvgIpc) is 2.96. The maximum absolute atomic E-state index is 4.52. The standard InChI is InChI=1S/C14H18N2/c1-14(2,3)11-6-10-7-12(9-4-5-9)16-13(10)15-8-11/h6-9H,4-5H2,1-3H3,(H,15,16). The maximum Gasteiger partial charge on any atom is 0.137 e. The summed E-state index contributed by atoms with van der Waals surface area (Å²) in [4.78, 5) is 7.95. The first-order chi connectivity index (χ1) is 7.54. The van der Waals surface area contributed by atoms with E-state index in [9.17, 15) is 0 Å². The minimum Gasteiger partial charge on any atom is -0.343 e. The third kappa shape index (κ3) is 1.62. The third-order valence-electron chi connectivity index (χ3n) is 3.37. The number of nitrogens with zero attached hydrogens (tertiary/aromatic N) is 1. The molecule has 0 aliphatic heterocycles. The van der Waals surface area contributed by atoms with Gasteiger partial charge < -0.3 is 4.98 Å². The lowest BCUT2D eigenvalue weighted by atomic mass is 9.88. The zero-order valence-corrected chi connectivity index (χ0v) is 10.2. The summed E-state index contributed by atoms with van der Waals surface area (Å²) in [6.45, 7) is 6.68. The fraction of sp³-hybridized carbons (Fsp3) is 0.500. The summed E-state index contributed by atoms with van der Waals surface area (Å²) in [5.74, 6) is 0.771. The van der Waals surface area contributed by atoms with Gasteiger partial charge >= 0.3 is 0 Å². The Morgan fingerprint density at radius 1 is 1.25 bits per heavy atom. The quantitative estimate of drug-likeness (QED) is 0.769. The van der Waals surface area contributed by atoms with Crippen molar-refractivity contribution in [2.24, 2.45) is 0 Å². The average molecular weight is 214 g/mol. The Bertz CT molecular complexity index is 527. The zero-order valence-electron chi connectivity index (χ0n) is 10.2. The van der Waals surface area contributed by atoms with Gasteiger partial charge in [-0.2, -0.15) is 0 Å². The Morgan fingerprint density at radius 3 is 2.62 bits per heavy atom. The molecule has 1 N–H and O–H groups in total. The summed E-state index contributed by atoms with van der Waals surface area (Å²) < 4.78 is 0. The number of H-pyrrole nitrogens is 1. The van der Waals surface area contributed by atoms with Gasteiger partial charge in [0.1, 0.15) is 5.65 Å². The molecule has 2 nitrogen and oxygen atoms in total. The number of nitrogens with one attached hydrogen (secondary N) is 1. The molecule has 2 heterocycles.